The summed E-state index contributed by atoms with van der Waals surface area (Å²) in [6.45, 7) is 5.09. The van der Waals surface area contributed by atoms with E-state index in [0.29, 0.717) is 18.3 Å². The van der Waals surface area contributed by atoms with E-state index in [1.165, 1.54) is 56.9 Å². The molecular formula is C27H37FO. The van der Waals surface area contributed by atoms with Crippen LogP contribution in [0.2, 0.25) is 0 Å². The Hall–Kier alpha value is -1.83. The van der Waals surface area contributed by atoms with Crippen molar-refractivity contribution in [1.29, 1.82) is 0 Å². The number of halogens is 1. The summed E-state index contributed by atoms with van der Waals surface area (Å²) in [5, 5.41) is 0. The molecule has 1 aliphatic rings. The number of ether oxygens (including phenoxy) is 1. The van der Waals surface area contributed by atoms with Crippen molar-refractivity contribution in [1.82, 2.24) is 0 Å². The summed E-state index contributed by atoms with van der Waals surface area (Å²) >= 11 is 0. The zero-order valence-corrected chi connectivity index (χ0v) is 18.3. The van der Waals surface area contributed by atoms with E-state index in [4.69, 9.17) is 4.74 Å². The minimum atomic E-state index is -0.256. The third-order valence-corrected chi connectivity index (χ3v) is 6.41. The number of hydrogen-bond donors (Lipinski definition) is 0. The maximum atomic E-state index is 14.6. The van der Waals surface area contributed by atoms with Gasteiger partial charge in [-0.2, -0.15) is 0 Å². The molecule has 0 aromatic heterocycles. The van der Waals surface area contributed by atoms with Crippen LogP contribution in [0.15, 0.2) is 42.5 Å². The van der Waals surface area contributed by atoms with Gasteiger partial charge >= 0.3 is 0 Å². The van der Waals surface area contributed by atoms with Crippen molar-refractivity contribution in [2.24, 2.45) is 11.8 Å². The van der Waals surface area contributed by atoms with Gasteiger partial charge in [-0.3, -0.25) is 0 Å². The molecule has 1 fully saturated rings. The minimum absolute atomic E-state index is 0.256. The molecule has 1 saturated carbocycles. The van der Waals surface area contributed by atoms with E-state index < -0.39 is 0 Å². The normalized spacial score (nSPS) is 19.3. The predicted molar refractivity (Wildman–Crippen MR) is 121 cm³/mol. The van der Waals surface area contributed by atoms with Crippen LogP contribution in [0.3, 0.4) is 0 Å². The first-order valence-electron chi connectivity index (χ1n) is 11.7. The second-order valence-corrected chi connectivity index (χ2v) is 8.79. The molecule has 0 saturated heterocycles. The van der Waals surface area contributed by atoms with Crippen molar-refractivity contribution >= 4 is 0 Å². The fourth-order valence-electron chi connectivity index (χ4n) is 4.53. The maximum absolute atomic E-state index is 14.6. The van der Waals surface area contributed by atoms with Crippen molar-refractivity contribution < 1.29 is 9.13 Å². The quantitative estimate of drug-likeness (QED) is 0.368. The third-order valence-electron chi connectivity index (χ3n) is 6.41. The van der Waals surface area contributed by atoms with Crippen LogP contribution in [-0.4, -0.2) is 6.61 Å². The molecule has 0 radical (unpaired) electrons. The fraction of sp³-hybridized carbons (Fsp3) is 0.556. The molecule has 158 valence electrons. The zero-order chi connectivity index (χ0) is 20.5. The largest absolute Gasteiger partial charge is 0.490 e. The van der Waals surface area contributed by atoms with Crippen LogP contribution in [0.5, 0.6) is 5.75 Å². The van der Waals surface area contributed by atoms with Crippen LogP contribution in [0.1, 0.15) is 77.2 Å². The van der Waals surface area contributed by atoms with E-state index in [1.54, 1.807) is 12.1 Å². The van der Waals surface area contributed by atoms with Crippen molar-refractivity contribution in [3.63, 3.8) is 0 Å². The molecule has 29 heavy (non-hydrogen) atoms. The highest BCUT2D eigenvalue weighted by Crippen LogP contribution is 2.33. The average molecular weight is 397 g/mol. The van der Waals surface area contributed by atoms with Gasteiger partial charge in [0, 0.05) is 0 Å². The molecule has 1 aliphatic carbocycles. The molecule has 0 aliphatic heterocycles. The molecule has 0 atom stereocenters. The highest BCUT2D eigenvalue weighted by atomic mass is 19.1. The van der Waals surface area contributed by atoms with Gasteiger partial charge in [0.05, 0.1) is 6.61 Å². The molecule has 0 amide bonds. The van der Waals surface area contributed by atoms with Gasteiger partial charge in [-0.15, -0.1) is 0 Å². The third kappa shape index (κ3) is 6.59. The minimum Gasteiger partial charge on any atom is -0.490 e. The summed E-state index contributed by atoms with van der Waals surface area (Å²) in [4.78, 5) is 0. The van der Waals surface area contributed by atoms with E-state index in [2.05, 4.69) is 38.1 Å². The first kappa shape index (κ1) is 21.9. The Morgan fingerprint density at radius 3 is 2.17 bits per heavy atom. The number of hydrogen-bond acceptors (Lipinski definition) is 1. The lowest BCUT2D eigenvalue weighted by Gasteiger charge is -2.28. The number of rotatable bonds is 10. The topological polar surface area (TPSA) is 9.23 Å². The summed E-state index contributed by atoms with van der Waals surface area (Å²) < 4.78 is 20.5. The number of unbranched alkanes of at least 4 members (excludes halogenated alkanes) is 2. The van der Waals surface area contributed by atoms with Crippen molar-refractivity contribution in [2.45, 2.75) is 78.1 Å². The van der Waals surface area contributed by atoms with Crippen LogP contribution >= 0.6 is 0 Å². The Labute approximate surface area is 176 Å². The fourth-order valence-corrected chi connectivity index (χ4v) is 4.53. The Morgan fingerprint density at radius 1 is 0.828 bits per heavy atom. The smallest absolute Gasteiger partial charge is 0.165 e. The van der Waals surface area contributed by atoms with Crippen LogP contribution < -0.4 is 4.74 Å². The highest BCUT2D eigenvalue weighted by Gasteiger charge is 2.21. The lowest BCUT2D eigenvalue weighted by Crippen LogP contribution is -2.20. The second kappa shape index (κ2) is 11.4. The molecule has 0 bridgehead atoms. The summed E-state index contributed by atoms with van der Waals surface area (Å²) in [5.41, 5.74) is 3.29. The molecule has 3 rings (SSSR count). The average Bonchev–Trinajstić information content (AvgIpc) is 2.75. The molecule has 2 aromatic carbocycles. The van der Waals surface area contributed by atoms with Crippen LogP contribution in [-0.2, 0) is 6.42 Å². The van der Waals surface area contributed by atoms with Crippen LogP contribution in [0.4, 0.5) is 4.39 Å². The van der Waals surface area contributed by atoms with Crippen molar-refractivity contribution in [2.75, 3.05) is 6.61 Å². The summed E-state index contributed by atoms with van der Waals surface area (Å²) in [5.74, 6) is 1.61. The first-order chi connectivity index (χ1) is 14.2. The monoisotopic (exact) mass is 396 g/mol. The van der Waals surface area contributed by atoms with E-state index in [1.807, 2.05) is 6.07 Å². The van der Waals surface area contributed by atoms with E-state index >= 15 is 0 Å². The molecule has 0 spiro atoms. The molecule has 2 heteroatoms. The molecule has 2 aromatic rings. The molecular weight excluding hydrogens is 359 g/mol. The maximum Gasteiger partial charge on any atom is 0.165 e. The van der Waals surface area contributed by atoms with Gasteiger partial charge in [0.2, 0.25) is 0 Å². The lowest BCUT2D eigenvalue weighted by atomic mass is 9.80. The lowest BCUT2D eigenvalue weighted by molar-refractivity contribution is 0.173. The van der Waals surface area contributed by atoms with Gasteiger partial charge in [-0.1, -0.05) is 89.1 Å². The van der Waals surface area contributed by atoms with Crippen molar-refractivity contribution in [3.8, 4) is 16.9 Å². The van der Waals surface area contributed by atoms with E-state index in [9.17, 15) is 4.39 Å². The highest BCUT2D eigenvalue weighted by molar-refractivity contribution is 5.64. The van der Waals surface area contributed by atoms with E-state index in [-0.39, 0.29) is 5.82 Å². The zero-order valence-electron chi connectivity index (χ0n) is 18.3. The number of benzene rings is 2. The molecule has 1 nitrogen and oxygen atoms in total. The molecule has 0 heterocycles. The Kier molecular flexibility index (Phi) is 8.58. The summed E-state index contributed by atoms with van der Waals surface area (Å²) in [6.07, 6.45) is 12.7. The number of aryl methyl sites for hydroxylation is 1. The second-order valence-electron chi connectivity index (χ2n) is 8.79. The van der Waals surface area contributed by atoms with Crippen LogP contribution in [0, 0.1) is 17.7 Å². The SMILES string of the molecule is CCCCCC1CCC(COc2ccc(-c3ccc(CCC)cc3)cc2F)CC1. The Bertz CT molecular complexity index is 729. The molecule has 0 N–H and O–H groups in total. The van der Waals surface area contributed by atoms with Gasteiger partial charge in [-0.25, -0.2) is 4.39 Å². The van der Waals surface area contributed by atoms with Gasteiger partial charge in [0.25, 0.3) is 0 Å². The van der Waals surface area contributed by atoms with Gasteiger partial charge < -0.3 is 4.74 Å². The predicted octanol–water partition coefficient (Wildman–Crippen LogP) is 8.21. The van der Waals surface area contributed by atoms with Gasteiger partial charge in [0.15, 0.2) is 11.6 Å². The Balaban J connectivity index is 1.48. The van der Waals surface area contributed by atoms with Crippen molar-refractivity contribution in [3.05, 3.63) is 53.8 Å². The molecule has 0 unspecified atom stereocenters. The summed E-state index contributed by atoms with van der Waals surface area (Å²) in [6, 6.07) is 13.8. The van der Waals surface area contributed by atoms with Crippen LogP contribution in [0.25, 0.3) is 11.1 Å². The van der Waals surface area contributed by atoms with Gasteiger partial charge in [0.1, 0.15) is 0 Å². The first-order valence-corrected chi connectivity index (χ1v) is 11.7. The standard InChI is InChI=1S/C27H37FO/c1-3-5-6-8-22-9-11-23(12-10-22)20-29-27-18-17-25(19-26(27)28)24-15-13-21(7-4-2)14-16-24/h13-19,22-23H,3-12,20H2,1-2H3. The van der Waals surface area contributed by atoms with Gasteiger partial charge in [-0.05, 0) is 59.9 Å². The summed E-state index contributed by atoms with van der Waals surface area (Å²) in [7, 11) is 0. The Morgan fingerprint density at radius 2 is 1.52 bits per heavy atom. The van der Waals surface area contributed by atoms with E-state index in [0.717, 1.165) is 29.9 Å².